The number of hydrogen-bond donors (Lipinski definition) is 1. The number of halogens is 3. The van der Waals surface area contributed by atoms with E-state index in [0.29, 0.717) is 10.9 Å². The van der Waals surface area contributed by atoms with Gasteiger partial charge < -0.3 is 5.32 Å². The van der Waals surface area contributed by atoms with Crippen LogP contribution in [0.1, 0.15) is 17.9 Å². The molecule has 1 unspecified atom stereocenters. The second-order valence-electron chi connectivity index (χ2n) is 3.48. The minimum Gasteiger partial charge on any atom is -0.316 e. The van der Waals surface area contributed by atoms with Gasteiger partial charge in [0.25, 0.3) is 0 Å². The summed E-state index contributed by atoms with van der Waals surface area (Å²) in [6.45, 7) is 1.83. The van der Waals surface area contributed by atoms with Crippen LogP contribution in [0.5, 0.6) is 0 Å². The molecule has 1 nitrogen and oxygen atoms in total. The summed E-state index contributed by atoms with van der Waals surface area (Å²) in [5, 5.41) is 3.87. The summed E-state index contributed by atoms with van der Waals surface area (Å²) in [4.78, 5) is 0. The summed E-state index contributed by atoms with van der Waals surface area (Å²) in [6, 6.07) is 2.93. The largest absolute Gasteiger partial charge is 0.316 e. The lowest BCUT2D eigenvalue weighted by Gasteiger charge is -2.11. The van der Waals surface area contributed by atoms with Crippen molar-refractivity contribution in [3.63, 3.8) is 0 Å². The van der Waals surface area contributed by atoms with E-state index >= 15 is 0 Å². The number of nitrogens with one attached hydrogen (secondary N) is 1. The zero-order chi connectivity index (χ0) is 10.1. The lowest BCUT2D eigenvalue weighted by Crippen LogP contribution is -2.08. The highest BCUT2D eigenvalue weighted by Gasteiger charge is 2.20. The van der Waals surface area contributed by atoms with Gasteiger partial charge in [-0.1, -0.05) is 23.2 Å². The molecule has 0 radical (unpaired) electrons. The molecule has 76 valence electrons. The van der Waals surface area contributed by atoms with E-state index in [9.17, 15) is 4.39 Å². The van der Waals surface area contributed by atoms with Crippen LogP contribution in [0, 0.1) is 5.82 Å². The van der Waals surface area contributed by atoms with E-state index in [-0.39, 0.29) is 5.02 Å². The highest BCUT2D eigenvalue weighted by Crippen LogP contribution is 2.32. The average Bonchev–Trinajstić information content (AvgIpc) is 2.64. The molecule has 1 fully saturated rings. The van der Waals surface area contributed by atoms with Crippen LogP contribution in [0.3, 0.4) is 0 Å². The molecule has 1 N–H and O–H groups in total. The van der Waals surface area contributed by atoms with Gasteiger partial charge in [0, 0.05) is 11.6 Å². The fraction of sp³-hybridized carbons (Fsp3) is 0.400. The third kappa shape index (κ3) is 1.88. The van der Waals surface area contributed by atoms with Gasteiger partial charge in [0.15, 0.2) is 0 Å². The van der Waals surface area contributed by atoms with Gasteiger partial charge >= 0.3 is 0 Å². The van der Waals surface area contributed by atoms with Gasteiger partial charge in [-0.3, -0.25) is 0 Å². The molecule has 0 aromatic heterocycles. The minimum atomic E-state index is -0.391. The van der Waals surface area contributed by atoms with Crippen LogP contribution in [-0.2, 0) is 0 Å². The van der Waals surface area contributed by atoms with E-state index in [4.69, 9.17) is 23.2 Å². The molecule has 0 bridgehead atoms. The fourth-order valence-corrected chi connectivity index (χ4v) is 2.31. The molecule has 2 rings (SSSR count). The van der Waals surface area contributed by atoms with Crippen LogP contribution in [0.4, 0.5) is 4.39 Å². The number of hydrogen-bond acceptors (Lipinski definition) is 1. The lowest BCUT2D eigenvalue weighted by atomic mass is 9.98. The molecule has 0 aliphatic carbocycles. The quantitative estimate of drug-likeness (QED) is 0.735. The topological polar surface area (TPSA) is 12.0 Å². The Morgan fingerprint density at radius 2 is 2.07 bits per heavy atom. The molecule has 0 amide bonds. The van der Waals surface area contributed by atoms with Crippen molar-refractivity contribution < 1.29 is 4.39 Å². The highest BCUT2D eigenvalue weighted by molar-refractivity contribution is 6.35. The molecule has 1 aliphatic rings. The van der Waals surface area contributed by atoms with Gasteiger partial charge in [-0.2, -0.15) is 0 Å². The molecule has 14 heavy (non-hydrogen) atoms. The maximum absolute atomic E-state index is 13.2. The molecular formula is C10H10Cl2FN. The van der Waals surface area contributed by atoms with E-state index in [2.05, 4.69) is 5.32 Å². The standard InChI is InChI=1S/C10H10Cl2FN/c11-8-4-9(12)10(13)3-7(8)6-1-2-14-5-6/h3-4,6,14H,1-2,5H2. The second-order valence-corrected chi connectivity index (χ2v) is 4.29. The van der Waals surface area contributed by atoms with Gasteiger partial charge in [-0.15, -0.1) is 0 Å². The third-order valence-electron chi connectivity index (χ3n) is 2.54. The fourth-order valence-electron chi connectivity index (χ4n) is 1.77. The van der Waals surface area contributed by atoms with Crippen molar-refractivity contribution in [2.75, 3.05) is 13.1 Å². The Morgan fingerprint density at radius 3 is 2.71 bits per heavy atom. The zero-order valence-corrected chi connectivity index (χ0v) is 9.00. The van der Waals surface area contributed by atoms with Gasteiger partial charge in [0.05, 0.1) is 5.02 Å². The highest BCUT2D eigenvalue weighted by atomic mass is 35.5. The molecule has 1 aliphatic heterocycles. The van der Waals surface area contributed by atoms with E-state index in [1.807, 2.05) is 0 Å². The predicted octanol–water partition coefficient (Wildman–Crippen LogP) is 3.21. The van der Waals surface area contributed by atoms with Crippen LogP contribution in [-0.4, -0.2) is 13.1 Å². The summed E-state index contributed by atoms with van der Waals surface area (Å²) in [6.07, 6.45) is 1.00. The van der Waals surface area contributed by atoms with Crippen LogP contribution in [0.25, 0.3) is 0 Å². The van der Waals surface area contributed by atoms with Crippen molar-refractivity contribution in [1.82, 2.24) is 5.32 Å². The van der Waals surface area contributed by atoms with E-state index < -0.39 is 5.82 Å². The van der Waals surface area contributed by atoms with Crippen LogP contribution >= 0.6 is 23.2 Å². The van der Waals surface area contributed by atoms with Crippen molar-refractivity contribution in [1.29, 1.82) is 0 Å². The summed E-state index contributed by atoms with van der Waals surface area (Å²) in [7, 11) is 0. The summed E-state index contributed by atoms with van der Waals surface area (Å²) < 4.78 is 13.2. The number of rotatable bonds is 1. The molecule has 1 heterocycles. The second kappa shape index (κ2) is 4.05. The SMILES string of the molecule is Fc1cc(C2CCNC2)c(Cl)cc1Cl. The first-order valence-electron chi connectivity index (χ1n) is 4.53. The van der Waals surface area contributed by atoms with Gasteiger partial charge in [-0.05, 0) is 36.6 Å². The first-order valence-corrected chi connectivity index (χ1v) is 5.29. The minimum absolute atomic E-state index is 0.0877. The maximum Gasteiger partial charge on any atom is 0.142 e. The van der Waals surface area contributed by atoms with Crippen molar-refractivity contribution >= 4 is 23.2 Å². The van der Waals surface area contributed by atoms with E-state index in [1.165, 1.54) is 12.1 Å². The molecular weight excluding hydrogens is 224 g/mol. The van der Waals surface area contributed by atoms with Crippen molar-refractivity contribution in [2.45, 2.75) is 12.3 Å². The van der Waals surface area contributed by atoms with Crippen molar-refractivity contribution in [3.05, 3.63) is 33.6 Å². The molecule has 0 spiro atoms. The van der Waals surface area contributed by atoms with Crippen LogP contribution < -0.4 is 5.32 Å². The predicted molar refractivity (Wildman–Crippen MR) is 56.6 cm³/mol. The molecule has 4 heteroatoms. The van der Waals surface area contributed by atoms with E-state index in [1.54, 1.807) is 0 Å². The Kier molecular flexibility index (Phi) is 2.96. The third-order valence-corrected chi connectivity index (χ3v) is 3.16. The van der Waals surface area contributed by atoms with Gasteiger partial charge in [-0.25, -0.2) is 4.39 Å². The Bertz CT molecular complexity index is 348. The first kappa shape index (κ1) is 10.2. The van der Waals surface area contributed by atoms with Crippen LogP contribution in [0.2, 0.25) is 10.0 Å². The summed E-state index contributed by atoms with van der Waals surface area (Å²) >= 11 is 11.6. The monoisotopic (exact) mass is 233 g/mol. The molecule has 1 atom stereocenters. The number of benzene rings is 1. The smallest absolute Gasteiger partial charge is 0.142 e. The van der Waals surface area contributed by atoms with Gasteiger partial charge in [0.1, 0.15) is 5.82 Å². The van der Waals surface area contributed by atoms with Crippen LogP contribution in [0.15, 0.2) is 12.1 Å². The molecule has 1 aromatic rings. The first-order chi connectivity index (χ1) is 6.68. The zero-order valence-electron chi connectivity index (χ0n) is 7.49. The molecule has 1 aromatic carbocycles. The average molecular weight is 234 g/mol. The summed E-state index contributed by atoms with van der Waals surface area (Å²) in [5.41, 5.74) is 0.860. The lowest BCUT2D eigenvalue weighted by molar-refractivity contribution is 0.621. The van der Waals surface area contributed by atoms with Gasteiger partial charge in [0.2, 0.25) is 0 Å². The summed E-state index contributed by atoms with van der Waals surface area (Å²) in [5.74, 6) is -0.0766. The van der Waals surface area contributed by atoms with E-state index in [0.717, 1.165) is 25.1 Å². The Balaban J connectivity index is 2.37. The Labute approximate surface area is 92.2 Å². The normalized spacial score (nSPS) is 21.5. The molecule has 1 saturated heterocycles. The van der Waals surface area contributed by atoms with Crippen molar-refractivity contribution in [2.24, 2.45) is 0 Å². The maximum atomic E-state index is 13.2. The Hall–Kier alpha value is -0.310. The molecule has 0 saturated carbocycles. The van der Waals surface area contributed by atoms with Crippen molar-refractivity contribution in [3.8, 4) is 0 Å². The Morgan fingerprint density at radius 1 is 1.29 bits per heavy atom.